The third-order valence-electron chi connectivity index (χ3n) is 6.96. The normalized spacial score (nSPS) is 23.6. The minimum absolute atomic E-state index is 0.00900. The Labute approximate surface area is 222 Å². The number of nitrogens with zero attached hydrogens (tertiary/aromatic N) is 1. The lowest BCUT2D eigenvalue weighted by Crippen LogP contribution is -2.53. The fraction of sp³-hybridized carbons (Fsp3) is 0.345. The average Bonchev–Trinajstić information content (AvgIpc) is 2.91. The first-order chi connectivity index (χ1) is 18.3. The van der Waals surface area contributed by atoms with Gasteiger partial charge in [0.05, 0.1) is 25.5 Å². The number of hydrogen-bond acceptors (Lipinski definition) is 6. The summed E-state index contributed by atoms with van der Waals surface area (Å²) in [6.45, 7) is 0.713. The molecule has 7 nitrogen and oxygen atoms in total. The van der Waals surface area contributed by atoms with Crippen LogP contribution in [0.4, 0.5) is 4.39 Å². The number of hydrogen-bond donors (Lipinski definition) is 0. The maximum atomic E-state index is 13.9. The summed E-state index contributed by atoms with van der Waals surface area (Å²) in [7, 11) is -3.81. The number of carbonyl (C=O) groups excluding carboxylic acids is 1. The van der Waals surface area contributed by atoms with Gasteiger partial charge in [0.2, 0.25) is 0 Å². The van der Waals surface area contributed by atoms with Crippen LogP contribution in [0, 0.1) is 5.82 Å². The molecule has 0 aliphatic carbocycles. The molecule has 3 aromatic rings. The lowest BCUT2D eigenvalue weighted by atomic mass is 9.87. The van der Waals surface area contributed by atoms with Crippen molar-refractivity contribution in [3.05, 3.63) is 107 Å². The summed E-state index contributed by atoms with van der Waals surface area (Å²) in [5.74, 6) is -0.619. The zero-order valence-corrected chi connectivity index (χ0v) is 21.8. The smallest absolute Gasteiger partial charge is 0.264 e. The summed E-state index contributed by atoms with van der Waals surface area (Å²) in [6.07, 6.45) is -0.772. The molecule has 9 heteroatoms. The molecule has 1 fully saturated rings. The van der Waals surface area contributed by atoms with Crippen LogP contribution in [0.25, 0.3) is 0 Å². The Bertz CT molecular complexity index is 1370. The summed E-state index contributed by atoms with van der Waals surface area (Å²) < 4.78 is 55.2. The molecule has 2 heterocycles. The van der Waals surface area contributed by atoms with Crippen LogP contribution >= 0.6 is 0 Å². The molecule has 1 amide bonds. The number of fused-ring (bicyclic) bond motifs is 1. The van der Waals surface area contributed by atoms with E-state index >= 15 is 0 Å². The number of carbonyl (C=O) groups is 1. The van der Waals surface area contributed by atoms with Gasteiger partial charge < -0.3 is 14.4 Å². The van der Waals surface area contributed by atoms with E-state index in [4.69, 9.17) is 13.7 Å². The highest BCUT2D eigenvalue weighted by Gasteiger charge is 2.42. The minimum Gasteiger partial charge on any atom is -0.368 e. The standard InChI is InChI=1S/C29H30FNO6S/c1-38(33,34)37-25-17-26(36-19-27(25)35-18-20-7-3-2-4-8-20)29(32)31-16-15-21-9-5-6-10-24(21)28(31)22-11-13-23(30)14-12-22/h2-14,25-28H,15-19H2,1H3/t25?,26?,27?,28-/m0/s1. The van der Waals surface area contributed by atoms with Gasteiger partial charge in [0.25, 0.3) is 16.0 Å². The highest BCUT2D eigenvalue weighted by atomic mass is 32.2. The van der Waals surface area contributed by atoms with Crippen LogP contribution in [-0.2, 0) is 41.6 Å². The Morgan fingerprint density at radius 2 is 1.71 bits per heavy atom. The van der Waals surface area contributed by atoms with Gasteiger partial charge in [0, 0.05) is 13.0 Å². The van der Waals surface area contributed by atoms with E-state index in [-0.39, 0.29) is 31.4 Å². The van der Waals surface area contributed by atoms with Gasteiger partial charge in [0.15, 0.2) is 0 Å². The largest absolute Gasteiger partial charge is 0.368 e. The van der Waals surface area contributed by atoms with E-state index in [1.165, 1.54) is 12.1 Å². The molecule has 0 radical (unpaired) electrons. The fourth-order valence-electron chi connectivity index (χ4n) is 5.17. The molecule has 38 heavy (non-hydrogen) atoms. The predicted octanol–water partition coefficient (Wildman–Crippen LogP) is 4.02. The number of benzene rings is 3. The molecule has 0 saturated carbocycles. The second-order valence-electron chi connectivity index (χ2n) is 9.67. The third kappa shape index (κ3) is 6.13. The van der Waals surface area contributed by atoms with Crippen LogP contribution in [0.15, 0.2) is 78.9 Å². The number of amides is 1. The maximum absolute atomic E-state index is 13.9. The van der Waals surface area contributed by atoms with Crippen molar-refractivity contribution in [2.24, 2.45) is 0 Å². The fourth-order valence-corrected chi connectivity index (χ4v) is 5.82. The van der Waals surface area contributed by atoms with E-state index in [1.54, 1.807) is 17.0 Å². The van der Waals surface area contributed by atoms with Crippen molar-refractivity contribution >= 4 is 16.0 Å². The molecule has 200 valence electrons. The summed E-state index contributed by atoms with van der Waals surface area (Å²) in [5, 5.41) is 0. The second-order valence-corrected chi connectivity index (χ2v) is 11.3. The van der Waals surface area contributed by atoms with E-state index in [9.17, 15) is 17.6 Å². The van der Waals surface area contributed by atoms with Gasteiger partial charge in [-0.05, 0) is 40.8 Å². The monoisotopic (exact) mass is 539 g/mol. The molecule has 5 rings (SSSR count). The molecule has 0 aromatic heterocycles. The lowest BCUT2D eigenvalue weighted by Gasteiger charge is -2.41. The molecule has 0 N–H and O–H groups in total. The van der Waals surface area contributed by atoms with Crippen molar-refractivity contribution in [1.82, 2.24) is 4.90 Å². The first kappa shape index (κ1) is 26.5. The van der Waals surface area contributed by atoms with Gasteiger partial charge in [0.1, 0.15) is 24.1 Å². The van der Waals surface area contributed by atoms with Crippen molar-refractivity contribution in [2.45, 2.75) is 43.8 Å². The topological polar surface area (TPSA) is 82.1 Å². The Balaban J connectivity index is 1.37. The molecule has 3 unspecified atom stereocenters. The predicted molar refractivity (Wildman–Crippen MR) is 139 cm³/mol. The van der Waals surface area contributed by atoms with Gasteiger partial charge >= 0.3 is 0 Å². The van der Waals surface area contributed by atoms with E-state index in [2.05, 4.69) is 0 Å². The summed E-state index contributed by atoms with van der Waals surface area (Å²) >= 11 is 0. The van der Waals surface area contributed by atoms with Crippen LogP contribution < -0.4 is 0 Å². The van der Waals surface area contributed by atoms with E-state index in [0.717, 1.165) is 28.5 Å². The van der Waals surface area contributed by atoms with Crippen LogP contribution in [-0.4, -0.2) is 56.9 Å². The Hall–Kier alpha value is -3.11. The minimum atomic E-state index is -3.81. The summed E-state index contributed by atoms with van der Waals surface area (Å²) in [4.78, 5) is 15.6. The quantitative estimate of drug-likeness (QED) is 0.422. The molecule has 0 spiro atoms. The average molecular weight is 540 g/mol. The van der Waals surface area contributed by atoms with E-state index in [1.807, 2.05) is 54.6 Å². The van der Waals surface area contributed by atoms with Gasteiger partial charge in [-0.1, -0.05) is 66.7 Å². The molecule has 3 aromatic carbocycles. The molecule has 2 aliphatic rings. The van der Waals surface area contributed by atoms with Crippen molar-refractivity contribution in [3.63, 3.8) is 0 Å². The molecular formula is C29H30FNO6S. The third-order valence-corrected chi connectivity index (χ3v) is 7.55. The molecular weight excluding hydrogens is 509 g/mol. The highest BCUT2D eigenvalue weighted by molar-refractivity contribution is 7.86. The molecule has 1 saturated heterocycles. The summed E-state index contributed by atoms with van der Waals surface area (Å²) in [5.41, 5.74) is 3.82. The number of rotatable bonds is 7. The summed E-state index contributed by atoms with van der Waals surface area (Å²) in [6, 6.07) is 23.1. The van der Waals surface area contributed by atoms with Crippen LogP contribution in [0.2, 0.25) is 0 Å². The van der Waals surface area contributed by atoms with Crippen molar-refractivity contribution in [1.29, 1.82) is 0 Å². The Morgan fingerprint density at radius 1 is 1.00 bits per heavy atom. The zero-order valence-electron chi connectivity index (χ0n) is 21.0. The number of halogens is 1. The molecule has 0 bridgehead atoms. The lowest BCUT2D eigenvalue weighted by molar-refractivity contribution is -0.170. The maximum Gasteiger partial charge on any atom is 0.264 e. The first-order valence-electron chi connectivity index (χ1n) is 12.6. The van der Waals surface area contributed by atoms with Crippen molar-refractivity contribution in [3.8, 4) is 0 Å². The Kier molecular flexibility index (Phi) is 7.90. The van der Waals surface area contributed by atoms with E-state index in [0.29, 0.717) is 13.0 Å². The van der Waals surface area contributed by atoms with Crippen LogP contribution in [0.3, 0.4) is 0 Å². The van der Waals surface area contributed by atoms with Gasteiger partial charge in [-0.25, -0.2) is 4.39 Å². The van der Waals surface area contributed by atoms with Crippen LogP contribution in [0.5, 0.6) is 0 Å². The Morgan fingerprint density at radius 3 is 2.45 bits per heavy atom. The van der Waals surface area contributed by atoms with Crippen molar-refractivity contribution in [2.75, 3.05) is 19.4 Å². The molecule has 4 atom stereocenters. The highest BCUT2D eigenvalue weighted by Crippen LogP contribution is 2.37. The first-order valence-corrected chi connectivity index (χ1v) is 14.4. The zero-order chi connectivity index (χ0) is 26.7. The number of ether oxygens (including phenoxy) is 2. The van der Waals surface area contributed by atoms with Crippen LogP contribution in [0.1, 0.15) is 34.7 Å². The second kappa shape index (κ2) is 11.3. The van der Waals surface area contributed by atoms with Gasteiger partial charge in [-0.3, -0.25) is 8.98 Å². The van der Waals surface area contributed by atoms with Gasteiger partial charge in [-0.2, -0.15) is 8.42 Å². The van der Waals surface area contributed by atoms with Crippen molar-refractivity contribution < 1.29 is 31.3 Å². The van der Waals surface area contributed by atoms with E-state index < -0.39 is 34.5 Å². The molecule has 2 aliphatic heterocycles. The van der Waals surface area contributed by atoms with Gasteiger partial charge in [-0.15, -0.1) is 0 Å². The SMILES string of the molecule is CS(=O)(=O)OC1CC(C(=O)N2CCc3ccccc3[C@@H]2c2ccc(F)cc2)OCC1OCc1ccccc1.